The van der Waals surface area contributed by atoms with Crippen molar-refractivity contribution in [2.24, 2.45) is 100 Å². The fourth-order valence-corrected chi connectivity index (χ4v) is 25.8. The van der Waals surface area contributed by atoms with E-state index in [4.69, 9.17) is 18.9 Å². The van der Waals surface area contributed by atoms with Crippen LogP contribution in [0, 0.1) is 100 Å². The summed E-state index contributed by atoms with van der Waals surface area (Å²) < 4.78 is 23.9. The molecule has 0 aliphatic heterocycles. The van der Waals surface area contributed by atoms with Crippen molar-refractivity contribution in [3.05, 3.63) is 107 Å². The first kappa shape index (κ1) is 77.1. The fraction of sp³-hybridized carbons (Fsp3) is 0.667. The van der Waals surface area contributed by atoms with Crippen LogP contribution in [0.25, 0.3) is 0 Å². The number of rotatable bonds is 16. The van der Waals surface area contributed by atoms with Crippen molar-refractivity contribution in [1.82, 2.24) is 0 Å². The Hall–Kier alpha value is -7.10. The first-order valence-electron chi connectivity index (χ1n) is 40.3. The van der Waals surface area contributed by atoms with E-state index in [9.17, 15) is 38.4 Å². The first-order valence-corrected chi connectivity index (χ1v) is 40.3. The minimum Gasteiger partial charge on any atom is -0.469 e. The predicted molar refractivity (Wildman–Crippen MR) is 413 cm³/mol. The molecule has 8 fully saturated rings. The van der Waals surface area contributed by atoms with Crippen molar-refractivity contribution in [3.63, 3.8) is 0 Å². The summed E-state index contributed by atoms with van der Waals surface area (Å²) in [6.07, 6.45) is 23.7. The first-order chi connectivity index (χ1) is 49.8. The summed E-state index contributed by atoms with van der Waals surface area (Å²) in [5, 5.41) is 11.5. The molecule has 16 nitrogen and oxygen atoms in total. The van der Waals surface area contributed by atoms with Crippen molar-refractivity contribution in [2.45, 2.75) is 263 Å². The van der Waals surface area contributed by atoms with Gasteiger partial charge in [-0.2, -0.15) is 0 Å². The van der Waals surface area contributed by atoms with E-state index in [2.05, 4.69) is 130 Å². The quantitative estimate of drug-likeness (QED) is 0.0598. The van der Waals surface area contributed by atoms with E-state index in [1.54, 1.807) is 80.9 Å². The van der Waals surface area contributed by atoms with Gasteiger partial charge < -0.3 is 40.2 Å². The second kappa shape index (κ2) is 27.5. The highest BCUT2D eigenvalue weighted by molar-refractivity contribution is 6.09. The Morgan fingerprint density at radius 3 is 1.10 bits per heavy atom. The second-order valence-electron chi connectivity index (χ2n) is 39.1. The van der Waals surface area contributed by atoms with E-state index in [1.807, 2.05) is 0 Å². The molecule has 574 valence electrons. The lowest BCUT2D eigenvalue weighted by molar-refractivity contribution is -0.214. The van der Waals surface area contributed by atoms with E-state index in [0.717, 1.165) is 128 Å². The van der Waals surface area contributed by atoms with Gasteiger partial charge in [0.1, 0.15) is 12.2 Å². The van der Waals surface area contributed by atoms with Gasteiger partial charge >= 0.3 is 23.9 Å². The lowest BCUT2D eigenvalue weighted by Crippen LogP contribution is -2.65. The maximum Gasteiger partial charge on any atom is 0.312 e. The number of allylic oxidation sites excluding steroid dienone is 4. The van der Waals surface area contributed by atoms with Gasteiger partial charge in [0.2, 0.25) is 11.8 Å². The largest absolute Gasteiger partial charge is 0.469 e. The Bertz CT molecular complexity index is 3800. The van der Waals surface area contributed by atoms with Crippen molar-refractivity contribution < 1.29 is 57.3 Å². The van der Waals surface area contributed by atoms with Crippen LogP contribution in [0.2, 0.25) is 0 Å². The van der Waals surface area contributed by atoms with E-state index < -0.39 is 22.6 Å². The Labute approximate surface area is 630 Å². The monoisotopic (exact) mass is 1450 g/mol. The van der Waals surface area contributed by atoms with Crippen LogP contribution in [0.5, 0.6) is 0 Å². The SMILES string of the molecule is COC(=O)C12CCC(C)(C)CC1C1=CCC3C4(C)CCC(OC(=O)CCC(=O)Nc5ccc(NC(=O)c6cccc(C(=O)Nc7ccc(NC(=O)CCC(=O)OC8CCC9(C)C(CCC%10(C)C9CC=C9C%11CC(C)(C)CCC%11(C(=O)OC)CCC9%10C)C8(C)C)cc7)c6)cc5)C(C)(C)C4CCC3(C)C1(C)CC2. The molecular weight excluding hydrogens is 1330 g/mol. The number of hydrogen-bond donors (Lipinski definition) is 4. The number of methoxy groups -OCH3 is 2. The molecule has 0 radical (unpaired) electrons. The molecule has 8 saturated carbocycles. The maximum absolute atomic E-state index is 13.7. The molecule has 0 saturated heterocycles. The van der Waals surface area contributed by atoms with Crippen LogP contribution >= 0.6 is 0 Å². The third-order valence-corrected chi connectivity index (χ3v) is 32.2. The average molecular weight is 1450 g/mol. The van der Waals surface area contributed by atoms with Crippen molar-refractivity contribution in [1.29, 1.82) is 0 Å². The highest BCUT2D eigenvalue weighted by Gasteiger charge is 2.72. The average Bonchev–Trinajstić information content (AvgIpc) is 0.681. The van der Waals surface area contributed by atoms with Crippen LogP contribution < -0.4 is 21.3 Å². The number of carbonyl (C=O) groups is 8. The molecule has 0 aromatic heterocycles. The van der Waals surface area contributed by atoms with Crippen molar-refractivity contribution in [2.75, 3.05) is 35.5 Å². The topological polar surface area (TPSA) is 222 Å². The Balaban J connectivity index is 0.537. The highest BCUT2D eigenvalue weighted by Crippen LogP contribution is 2.78. The summed E-state index contributed by atoms with van der Waals surface area (Å²) in [6.45, 7) is 33.8. The van der Waals surface area contributed by atoms with E-state index in [1.165, 1.54) is 17.2 Å². The van der Waals surface area contributed by atoms with Gasteiger partial charge in [0.15, 0.2) is 0 Å². The summed E-state index contributed by atoms with van der Waals surface area (Å²) in [5.74, 6) is -0.357. The zero-order valence-corrected chi connectivity index (χ0v) is 66.6. The van der Waals surface area contributed by atoms with Gasteiger partial charge in [0.25, 0.3) is 11.8 Å². The van der Waals surface area contributed by atoms with E-state index in [-0.39, 0.29) is 151 Å². The molecule has 3 aromatic carbocycles. The van der Waals surface area contributed by atoms with Crippen molar-refractivity contribution in [3.8, 4) is 0 Å². The van der Waals surface area contributed by atoms with Gasteiger partial charge in [0.05, 0.1) is 37.9 Å². The van der Waals surface area contributed by atoms with Crippen LogP contribution in [0.3, 0.4) is 0 Å². The minimum absolute atomic E-state index is 0.0217. The minimum atomic E-state index is -0.441. The van der Waals surface area contributed by atoms with Crippen LogP contribution in [0.1, 0.15) is 272 Å². The molecule has 16 heteroatoms. The number of amides is 4. The van der Waals surface area contributed by atoms with Crippen LogP contribution in [-0.2, 0) is 47.7 Å². The molecule has 16 atom stereocenters. The molecule has 0 heterocycles. The third kappa shape index (κ3) is 12.9. The van der Waals surface area contributed by atoms with Crippen molar-refractivity contribution >= 4 is 70.3 Å². The highest BCUT2D eigenvalue weighted by atomic mass is 16.6. The van der Waals surface area contributed by atoms with Gasteiger partial charge in [-0.3, -0.25) is 38.4 Å². The Morgan fingerprint density at radius 2 is 0.745 bits per heavy atom. The number of benzene rings is 3. The third-order valence-electron chi connectivity index (χ3n) is 32.2. The zero-order chi connectivity index (χ0) is 76.4. The van der Waals surface area contributed by atoms with Gasteiger partial charge in [-0.15, -0.1) is 0 Å². The molecule has 4 N–H and O–H groups in total. The Morgan fingerprint density at radius 1 is 0.396 bits per heavy atom. The number of nitrogens with one attached hydrogen (secondary N) is 4. The Kier molecular flexibility index (Phi) is 20.0. The van der Waals surface area contributed by atoms with Crippen LogP contribution in [-0.4, -0.2) is 73.9 Å². The normalized spacial score (nSPS) is 36.7. The smallest absolute Gasteiger partial charge is 0.312 e. The van der Waals surface area contributed by atoms with E-state index in [0.29, 0.717) is 46.4 Å². The predicted octanol–water partition coefficient (Wildman–Crippen LogP) is 19.4. The number of esters is 4. The molecule has 0 bridgehead atoms. The molecule has 106 heavy (non-hydrogen) atoms. The summed E-state index contributed by atoms with van der Waals surface area (Å²) in [5.41, 5.74) is 4.53. The number of ether oxygens (including phenoxy) is 4. The standard InChI is InChI=1S/C90H122N4O12/c1-79(2)44-48-89(77(101)103-15)50-46-85(11)61(63(89)53-79)28-30-67-83(9)40-38-69(81(5,6)65(83)36-42-87(67,85)13)105-73(97)34-32-71(95)91-57-20-24-59(25-21-57)93-75(99)55-18-17-19-56(52-55)76(100)94-60-26-22-58(23-27-60)92-72(96)33-35-74(98)106-70-39-41-84(10)66(82(70,7)8)37-43-88(14)68(84)31-29-62-64-54-80(3,4)45-49-90(64,78(102)104-16)51-47-86(62,88)12/h17-29,52,63-70H,30-51,53-54H2,1-16H3,(H,91,95)(H,92,96)(H,93,99)(H,94,100). The molecule has 0 spiro atoms. The molecule has 3 aromatic rings. The molecule has 4 amide bonds. The lowest BCUT2D eigenvalue weighted by atomic mass is 9.33. The van der Waals surface area contributed by atoms with Crippen LogP contribution in [0.15, 0.2) is 96.1 Å². The summed E-state index contributed by atoms with van der Waals surface area (Å²) in [6, 6.07) is 19.7. The molecule has 13 rings (SSSR count). The summed E-state index contributed by atoms with van der Waals surface area (Å²) in [4.78, 5) is 108. The summed E-state index contributed by atoms with van der Waals surface area (Å²) >= 11 is 0. The zero-order valence-electron chi connectivity index (χ0n) is 66.6. The number of anilines is 4. The van der Waals surface area contributed by atoms with E-state index >= 15 is 0 Å². The van der Waals surface area contributed by atoms with Crippen LogP contribution in [0.4, 0.5) is 22.7 Å². The van der Waals surface area contributed by atoms with Gasteiger partial charge in [-0.25, -0.2) is 0 Å². The molecular formula is C90H122N4O12. The molecule has 10 aliphatic rings. The lowest BCUT2D eigenvalue weighted by Gasteiger charge is -2.71. The van der Waals surface area contributed by atoms with Gasteiger partial charge in [-0.1, -0.05) is 126 Å². The fourth-order valence-electron chi connectivity index (χ4n) is 25.8. The molecule has 10 aliphatic carbocycles. The number of carbonyl (C=O) groups excluding carboxylic acids is 8. The molecule has 16 unspecified atom stereocenters. The number of hydrogen-bond acceptors (Lipinski definition) is 12. The maximum atomic E-state index is 13.7. The number of fused-ring (bicyclic) bond motifs is 14. The summed E-state index contributed by atoms with van der Waals surface area (Å²) in [7, 11) is 3.13. The van der Waals surface area contributed by atoms with Gasteiger partial charge in [0, 0.05) is 57.5 Å². The second-order valence-corrected chi connectivity index (χ2v) is 39.1. The van der Waals surface area contributed by atoms with Gasteiger partial charge in [-0.05, 0) is 274 Å².